The van der Waals surface area contributed by atoms with E-state index < -0.39 is 0 Å². The van der Waals surface area contributed by atoms with Gasteiger partial charge in [0.1, 0.15) is 0 Å². The van der Waals surface area contributed by atoms with Crippen LogP contribution in [0.3, 0.4) is 0 Å². The van der Waals surface area contributed by atoms with Crippen LogP contribution in [0, 0.1) is 13.8 Å². The minimum absolute atomic E-state index is 0.0389. The lowest BCUT2D eigenvalue weighted by atomic mass is 10.1. The van der Waals surface area contributed by atoms with Gasteiger partial charge in [0.15, 0.2) is 0 Å². The van der Waals surface area contributed by atoms with Crippen LogP contribution in [-0.2, 0) is 4.79 Å². The number of nitrogens with one attached hydrogen (secondary N) is 1. The Bertz CT molecular complexity index is 623. The summed E-state index contributed by atoms with van der Waals surface area (Å²) in [6.07, 6.45) is 1.92. The summed E-state index contributed by atoms with van der Waals surface area (Å²) in [5.41, 5.74) is 3.46. The number of hydrogen-bond donors (Lipinski definition) is 1. The van der Waals surface area contributed by atoms with Crippen LogP contribution in [0.4, 0.5) is 5.69 Å². The van der Waals surface area contributed by atoms with Crippen molar-refractivity contribution >= 4 is 35.1 Å². The van der Waals surface area contributed by atoms with Gasteiger partial charge in [-0.3, -0.25) is 4.79 Å². The SMILES string of the molecule is CSCC(=O)Nc1ccc(Sc2ccc(C)c(C)c2)cc1. The maximum Gasteiger partial charge on any atom is 0.234 e. The van der Waals surface area contributed by atoms with Crippen molar-refractivity contribution in [1.29, 1.82) is 0 Å². The molecule has 0 aromatic heterocycles. The predicted molar refractivity (Wildman–Crippen MR) is 93.5 cm³/mol. The number of carbonyl (C=O) groups excluding carboxylic acids is 1. The van der Waals surface area contributed by atoms with Crippen LogP contribution >= 0.6 is 23.5 Å². The fourth-order valence-corrected chi connectivity index (χ4v) is 3.10. The van der Waals surface area contributed by atoms with Gasteiger partial charge in [0.05, 0.1) is 5.75 Å². The monoisotopic (exact) mass is 317 g/mol. The van der Waals surface area contributed by atoms with Crippen LogP contribution in [0.15, 0.2) is 52.3 Å². The molecule has 1 N–H and O–H groups in total. The summed E-state index contributed by atoms with van der Waals surface area (Å²) in [5.74, 6) is 0.524. The molecule has 2 rings (SSSR count). The molecule has 0 bridgehead atoms. The Morgan fingerprint density at radius 3 is 2.29 bits per heavy atom. The molecule has 2 nitrogen and oxygen atoms in total. The van der Waals surface area contributed by atoms with Crippen molar-refractivity contribution in [2.75, 3.05) is 17.3 Å². The van der Waals surface area contributed by atoms with Crippen LogP contribution in [0.1, 0.15) is 11.1 Å². The molecule has 0 saturated heterocycles. The number of amides is 1. The van der Waals surface area contributed by atoms with Crippen molar-refractivity contribution < 1.29 is 4.79 Å². The molecule has 0 aliphatic rings. The van der Waals surface area contributed by atoms with E-state index in [2.05, 4.69) is 37.4 Å². The Labute approximate surface area is 134 Å². The lowest BCUT2D eigenvalue weighted by Crippen LogP contribution is -2.13. The largest absolute Gasteiger partial charge is 0.325 e. The smallest absolute Gasteiger partial charge is 0.234 e. The maximum atomic E-state index is 11.5. The molecule has 0 atom stereocenters. The number of aryl methyl sites for hydroxylation is 2. The fourth-order valence-electron chi connectivity index (χ4n) is 1.85. The molecular formula is C17H19NOS2. The minimum atomic E-state index is 0.0389. The van der Waals surface area contributed by atoms with Crippen LogP contribution in [0.2, 0.25) is 0 Å². The lowest BCUT2D eigenvalue weighted by Gasteiger charge is -2.07. The molecule has 0 spiro atoms. The minimum Gasteiger partial charge on any atom is -0.325 e. The maximum absolute atomic E-state index is 11.5. The van der Waals surface area contributed by atoms with Gasteiger partial charge in [0.25, 0.3) is 0 Å². The van der Waals surface area contributed by atoms with E-state index in [4.69, 9.17) is 0 Å². The molecule has 110 valence electrons. The van der Waals surface area contributed by atoms with E-state index in [1.54, 1.807) is 11.8 Å². The van der Waals surface area contributed by atoms with E-state index in [0.717, 1.165) is 5.69 Å². The van der Waals surface area contributed by atoms with Gasteiger partial charge in [0.2, 0.25) is 5.91 Å². The molecule has 2 aromatic carbocycles. The van der Waals surface area contributed by atoms with Gasteiger partial charge in [-0.2, -0.15) is 11.8 Å². The molecule has 0 aliphatic carbocycles. The van der Waals surface area contributed by atoms with E-state index >= 15 is 0 Å². The average molecular weight is 317 g/mol. The zero-order valence-electron chi connectivity index (χ0n) is 12.5. The van der Waals surface area contributed by atoms with Crippen LogP contribution < -0.4 is 5.32 Å². The fraction of sp³-hybridized carbons (Fsp3) is 0.235. The number of anilines is 1. The topological polar surface area (TPSA) is 29.1 Å². The summed E-state index contributed by atoms with van der Waals surface area (Å²) in [6.45, 7) is 4.25. The molecule has 4 heteroatoms. The standard InChI is InChI=1S/C17H19NOS2/c1-12-4-7-16(10-13(12)2)21-15-8-5-14(6-9-15)18-17(19)11-20-3/h4-10H,11H2,1-3H3,(H,18,19). The van der Waals surface area contributed by atoms with Gasteiger partial charge in [-0.05, 0) is 67.6 Å². The quantitative estimate of drug-likeness (QED) is 0.862. The summed E-state index contributed by atoms with van der Waals surface area (Å²) < 4.78 is 0. The highest BCUT2D eigenvalue weighted by Gasteiger charge is 2.03. The normalized spacial score (nSPS) is 10.4. The molecule has 0 fully saturated rings. The van der Waals surface area contributed by atoms with Gasteiger partial charge >= 0.3 is 0 Å². The third kappa shape index (κ3) is 4.83. The Morgan fingerprint density at radius 1 is 1.00 bits per heavy atom. The second kappa shape index (κ2) is 7.57. The van der Waals surface area contributed by atoms with Gasteiger partial charge in [-0.1, -0.05) is 17.8 Å². The molecule has 0 radical (unpaired) electrons. The lowest BCUT2D eigenvalue weighted by molar-refractivity contribution is -0.113. The molecule has 21 heavy (non-hydrogen) atoms. The Hall–Kier alpha value is -1.39. The molecule has 0 unspecified atom stereocenters. The summed E-state index contributed by atoms with van der Waals surface area (Å²) in [7, 11) is 0. The number of benzene rings is 2. The van der Waals surface area contributed by atoms with E-state index in [-0.39, 0.29) is 5.91 Å². The van der Waals surface area contributed by atoms with Crippen molar-refractivity contribution in [3.05, 3.63) is 53.6 Å². The van der Waals surface area contributed by atoms with Crippen molar-refractivity contribution in [2.24, 2.45) is 0 Å². The number of thioether (sulfide) groups is 1. The van der Waals surface area contributed by atoms with Crippen molar-refractivity contribution in [1.82, 2.24) is 0 Å². The highest BCUT2D eigenvalue weighted by Crippen LogP contribution is 2.29. The highest BCUT2D eigenvalue weighted by molar-refractivity contribution is 7.99. The van der Waals surface area contributed by atoms with E-state index in [1.165, 1.54) is 32.7 Å². The van der Waals surface area contributed by atoms with E-state index in [0.29, 0.717) is 5.75 Å². The molecule has 2 aromatic rings. The highest BCUT2D eigenvalue weighted by atomic mass is 32.2. The Morgan fingerprint density at radius 2 is 1.67 bits per heavy atom. The number of carbonyl (C=O) groups is 1. The van der Waals surface area contributed by atoms with Gasteiger partial charge in [-0.15, -0.1) is 0 Å². The van der Waals surface area contributed by atoms with Crippen molar-refractivity contribution in [3.8, 4) is 0 Å². The zero-order valence-corrected chi connectivity index (χ0v) is 14.1. The first kappa shape index (κ1) is 16.0. The first-order chi connectivity index (χ1) is 10.1. The van der Waals surface area contributed by atoms with Crippen LogP contribution in [0.25, 0.3) is 0 Å². The van der Waals surface area contributed by atoms with Crippen molar-refractivity contribution in [2.45, 2.75) is 23.6 Å². The molecular weight excluding hydrogens is 298 g/mol. The molecule has 0 heterocycles. The summed E-state index contributed by atoms with van der Waals surface area (Å²) in [5, 5.41) is 2.88. The first-order valence-electron chi connectivity index (χ1n) is 6.72. The first-order valence-corrected chi connectivity index (χ1v) is 8.93. The summed E-state index contributed by atoms with van der Waals surface area (Å²) in [6, 6.07) is 14.5. The molecule has 0 aliphatic heterocycles. The zero-order chi connectivity index (χ0) is 15.2. The van der Waals surface area contributed by atoms with E-state index in [9.17, 15) is 4.79 Å². The summed E-state index contributed by atoms with van der Waals surface area (Å²) in [4.78, 5) is 13.9. The average Bonchev–Trinajstić information content (AvgIpc) is 2.45. The number of hydrogen-bond acceptors (Lipinski definition) is 3. The Balaban J connectivity index is 2.01. The Kier molecular flexibility index (Phi) is 5.76. The van der Waals surface area contributed by atoms with Gasteiger partial charge < -0.3 is 5.32 Å². The second-order valence-electron chi connectivity index (χ2n) is 4.85. The van der Waals surface area contributed by atoms with Gasteiger partial charge in [0, 0.05) is 15.5 Å². The third-order valence-corrected chi connectivity index (χ3v) is 4.68. The molecule has 0 saturated carbocycles. The number of rotatable bonds is 5. The van der Waals surface area contributed by atoms with Crippen molar-refractivity contribution in [3.63, 3.8) is 0 Å². The van der Waals surface area contributed by atoms with Crippen LogP contribution in [0.5, 0.6) is 0 Å². The van der Waals surface area contributed by atoms with Gasteiger partial charge in [-0.25, -0.2) is 0 Å². The second-order valence-corrected chi connectivity index (χ2v) is 6.87. The predicted octanol–water partition coefficient (Wildman–Crippen LogP) is 4.76. The third-order valence-electron chi connectivity index (χ3n) is 3.13. The summed E-state index contributed by atoms with van der Waals surface area (Å²) >= 11 is 3.25. The van der Waals surface area contributed by atoms with Crippen LogP contribution in [-0.4, -0.2) is 17.9 Å². The van der Waals surface area contributed by atoms with E-state index in [1.807, 2.05) is 30.5 Å². The molecule has 1 amide bonds.